The second kappa shape index (κ2) is 7.48. The summed E-state index contributed by atoms with van der Waals surface area (Å²) in [7, 11) is 0. The number of hydrogen-bond acceptors (Lipinski definition) is 3. The van der Waals surface area contributed by atoms with E-state index in [9.17, 15) is 4.79 Å². The summed E-state index contributed by atoms with van der Waals surface area (Å²) in [6, 6.07) is 10.7. The SMILES string of the molecule is CC(C)c1ccc(SCc2cc(C=CC(=O)O)cs2)cc1. The molecule has 1 heterocycles. The fourth-order valence-corrected chi connectivity index (χ4v) is 3.64. The minimum Gasteiger partial charge on any atom is -0.478 e. The zero-order valence-electron chi connectivity index (χ0n) is 12.1. The van der Waals surface area contributed by atoms with E-state index in [-0.39, 0.29) is 0 Å². The van der Waals surface area contributed by atoms with Gasteiger partial charge in [-0.15, -0.1) is 23.1 Å². The van der Waals surface area contributed by atoms with Gasteiger partial charge in [-0.2, -0.15) is 0 Å². The maximum atomic E-state index is 10.5. The van der Waals surface area contributed by atoms with Crippen LogP contribution in [0.25, 0.3) is 6.08 Å². The molecule has 2 rings (SSSR count). The Hall–Kier alpha value is -1.52. The Labute approximate surface area is 133 Å². The molecule has 0 aliphatic heterocycles. The number of thioether (sulfide) groups is 1. The molecule has 0 aliphatic carbocycles. The monoisotopic (exact) mass is 318 g/mol. The lowest BCUT2D eigenvalue weighted by atomic mass is 10.0. The Morgan fingerprint density at radius 2 is 2.05 bits per heavy atom. The second-order valence-corrected chi connectivity index (χ2v) is 7.07. The molecule has 110 valence electrons. The predicted octanol–water partition coefficient (Wildman–Crippen LogP) is 5.26. The van der Waals surface area contributed by atoms with Crippen LogP contribution in [0.1, 0.15) is 35.8 Å². The first-order chi connectivity index (χ1) is 10.0. The number of hydrogen-bond donors (Lipinski definition) is 1. The van der Waals surface area contributed by atoms with Crippen molar-refractivity contribution in [1.82, 2.24) is 0 Å². The molecule has 0 fully saturated rings. The fraction of sp³-hybridized carbons (Fsp3) is 0.235. The average molecular weight is 318 g/mol. The molecule has 0 amide bonds. The lowest BCUT2D eigenvalue weighted by Crippen LogP contribution is -1.86. The molecule has 2 aromatic rings. The van der Waals surface area contributed by atoms with Gasteiger partial charge in [0.15, 0.2) is 0 Å². The molecule has 1 N–H and O–H groups in total. The molecule has 1 aromatic carbocycles. The van der Waals surface area contributed by atoms with Gasteiger partial charge in [-0.25, -0.2) is 4.79 Å². The van der Waals surface area contributed by atoms with Crippen molar-refractivity contribution in [2.45, 2.75) is 30.4 Å². The van der Waals surface area contributed by atoms with Crippen molar-refractivity contribution in [2.75, 3.05) is 0 Å². The normalized spacial score (nSPS) is 11.4. The van der Waals surface area contributed by atoms with E-state index in [1.54, 1.807) is 29.2 Å². The first-order valence-corrected chi connectivity index (χ1v) is 8.62. The zero-order valence-corrected chi connectivity index (χ0v) is 13.7. The number of carbonyl (C=O) groups is 1. The second-order valence-electron chi connectivity index (χ2n) is 5.03. The Morgan fingerprint density at radius 3 is 2.67 bits per heavy atom. The number of carboxylic acids is 1. The van der Waals surface area contributed by atoms with E-state index in [4.69, 9.17) is 5.11 Å². The van der Waals surface area contributed by atoms with Crippen LogP contribution in [-0.2, 0) is 10.5 Å². The molecule has 0 aliphatic rings. The minimum absolute atomic E-state index is 0.560. The maximum absolute atomic E-state index is 10.5. The molecule has 2 nitrogen and oxygen atoms in total. The van der Waals surface area contributed by atoms with Gasteiger partial charge < -0.3 is 5.11 Å². The van der Waals surface area contributed by atoms with E-state index in [0.29, 0.717) is 5.92 Å². The first kappa shape index (κ1) is 15.9. The van der Waals surface area contributed by atoms with Gasteiger partial charge in [-0.1, -0.05) is 26.0 Å². The number of benzene rings is 1. The lowest BCUT2D eigenvalue weighted by molar-refractivity contribution is -0.131. The van der Waals surface area contributed by atoms with Crippen LogP contribution < -0.4 is 0 Å². The molecular weight excluding hydrogens is 300 g/mol. The summed E-state index contributed by atoms with van der Waals surface area (Å²) >= 11 is 3.47. The van der Waals surface area contributed by atoms with Crippen LogP contribution in [0.2, 0.25) is 0 Å². The van der Waals surface area contributed by atoms with Crippen LogP contribution in [0.3, 0.4) is 0 Å². The third-order valence-electron chi connectivity index (χ3n) is 3.02. The van der Waals surface area contributed by atoms with Crippen molar-refractivity contribution in [1.29, 1.82) is 0 Å². The number of thiophene rings is 1. The molecule has 0 unspecified atom stereocenters. The maximum Gasteiger partial charge on any atom is 0.328 e. The topological polar surface area (TPSA) is 37.3 Å². The largest absolute Gasteiger partial charge is 0.478 e. The third kappa shape index (κ3) is 5.06. The van der Waals surface area contributed by atoms with Gasteiger partial charge in [0.1, 0.15) is 0 Å². The van der Waals surface area contributed by atoms with Crippen LogP contribution in [0, 0.1) is 0 Å². The molecular formula is C17H18O2S2. The average Bonchev–Trinajstić information content (AvgIpc) is 2.91. The summed E-state index contributed by atoms with van der Waals surface area (Å²) in [5.41, 5.74) is 2.31. The Bertz CT molecular complexity index is 624. The quantitative estimate of drug-likeness (QED) is 0.583. The highest BCUT2D eigenvalue weighted by molar-refractivity contribution is 7.98. The van der Waals surface area contributed by atoms with Crippen molar-refractivity contribution in [3.63, 3.8) is 0 Å². The summed E-state index contributed by atoms with van der Waals surface area (Å²) < 4.78 is 0. The Morgan fingerprint density at radius 1 is 1.33 bits per heavy atom. The standard InChI is InChI=1S/C17H18O2S2/c1-12(2)14-4-6-15(7-5-14)21-11-16-9-13(10-20-16)3-8-17(18)19/h3-10,12H,11H2,1-2H3,(H,18,19). The van der Waals surface area contributed by atoms with Gasteiger partial charge >= 0.3 is 5.97 Å². The number of carboxylic acid groups (broad SMARTS) is 1. The molecule has 0 bridgehead atoms. The summed E-state index contributed by atoms with van der Waals surface area (Å²) in [6.07, 6.45) is 2.80. The van der Waals surface area contributed by atoms with E-state index in [1.807, 2.05) is 11.4 Å². The Balaban J connectivity index is 1.92. The van der Waals surface area contributed by atoms with E-state index in [2.05, 4.69) is 38.1 Å². The molecule has 0 atom stereocenters. The highest BCUT2D eigenvalue weighted by Crippen LogP contribution is 2.28. The van der Waals surface area contributed by atoms with E-state index < -0.39 is 5.97 Å². The van der Waals surface area contributed by atoms with Gasteiger partial charge in [0, 0.05) is 21.6 Å². The van der Waals surface area contributed by atoms with E-state index in [1.165, 1.54) is 21.4 Å². The zero-order chi connectivity index (χ0) is 15.2. The third-order valence-corrected chi connectivity index (χ3v) is 5.22. The predicted molar refractivity (Wildman–Crippen MR) is 91.1 cm³/mol. The highest BCUT2D eigenvalue weighted by Gasteiger charge is 2.02. The van der Waals surface area contributed by atoms with Crippen molar-refractivity contribution in [3.8, 4) is 0 Å². The molecule has 4 heteroatoms. The number of rotatable bonds is 6. The van der Waals surface area contributed by atoms with E-state index >= 15 is 0 Å². The lowest BCUT2D eigenvalue weighted by Gasteiger charge is -2.06. The molecule has 0 saturated carbocycles. The van der Waals surface area contributed by atoms with Gasteiger partial charge in [-0.3, -0.25) is 0 Å². The molecule has 0 spiro atoms. The van der Waals surface area contributed by atoms with Gasteiger partial charge in [0.25, 0.3) is 0 Å². The van der Waals surface area contributed by atoms with Crippen molar-refractivity contribution >= 4 is 35.1 Å². The van der Waals surface area contributed by atoms with Crippen molar-refractivity contribution < 1.29 is 9.90 Å². The molecule has 21 heavy (non-hydrogen) atoms. The van der Waals surface area contributed by atoms with Crippen molar-refractivity contribution in [3.05, 3.63) is 57.8 Å². The van der Waals surface area contributed by atoms with Gasteiger partial charge in [0.05, 0.1) is 0 Å². The van der Waals surface area contributed by atoms with Crippen LogP contribution >= 0.6 is 23.1 Å². The minimum atomic E-state index is -0.914. The summed E-state index contributed by atoms with van der Waals surface area (Å²) in [4.78, 5) is 13.0. The summed E-state index contributed by atoms with van der Waals surface area (Å²) in [5, 5.41) is 10.6. The van der Waals surface area contributed by atoms with Crippen LogP contribution in [-0.4, -0.2) is 11.1 Å². The van der Waals surface area contributed by atoms with E-state index in [0.717, 1.165) is 11.3 Å². The smallest absolute Gasteiger partial charge is 0.328 e. The van der Waals surface area contributed by atoms with Gasteiger partial charge in [-0.05, 0) is 46.7 Å². The molecule has 0 radical (unpaired) electrons. The fourth-order valence-electron chi connectivity index (χ4n) is 1.83. The molecule has 1 aromatic heterocycles. The van der Waals surface area contributed by atoms with Crippen molar-refractivity contribution in [2.24, 2.45) is 0 Å². The highest BCUT2D eigenvalue weighted by atomic mass is 32.2. The van der Waals surface area contributed by atoms with Crippen LogP contribution in [0.15, 0.2) is 46.7 Å². The van der Waals surface area contributed by atoms with Gasteiger partial charge in [0.2, 0.25) is 0 Å². The van der Waals surface area contributed by atoms with Crippen LogP contribution in [0.5, 0.6) is 0 Å². The Kier molecular flexibility index (Phi) is 5.65. The molecule has 0 saturated heterocycles. The number of aliphatic carboxylic acids is 1. The summed E-state index contributed by atoms with van der Waals surface area (Å²) in [6.45, 7) is 4.39. The first-order valence-electron chi connectivity index (χ1n) is 6.76. The van der Waals surface area contributed by atoms with Crippen LogP contribution in [0.4, 0.5) is 0 Å². The summed E-state index contributed by atoms with van der Waals surface area (Å²) in [5.74, 6) is 0.555.